The van der Waals surface area contributed by atoms with Crippen molar-refractivity contribution in [1.29, 1.82) is 0 Å². The maximum absolute atomic E-state index is 11.5. The Hall–Kier alpha value is -0.740. The molecule has 1 fully saturated rings. The highest BCUT2D eigenvalue weighted by atomic mass is 35.5. The molecule has 0 bridgehead atoms. The van der Waals surface area contributed by atoms with Crippen molar-refractivity contribution in [2.24, 2.45) is 5.92 Å². The number of hydrogen-bond donors (Lipinski definition) is 1. The van der Waals surface area contributed by atoms with Crippen molar-refractivity contribution in [3.8, 4) is 0 Å². The molecule has 2 atom stereocenters. The molecule has 1 aliphatic carbocycles. The number of hydrogen-bond acceptors (Lipinski definition) is 3. The Labute approximate surface area is 120 Å². The smallest absolute Gasteiger partial charge is 0.151 e. The summed E-state index contributed by atoms with van der Waals surface area (Å²) in [5.41, 5.74) is 1.66. The second-order valence-corrected chi connectivity index (χ2v) is 8.21. The summed E-state index contributed by atoms with van der Waals surface area (Å²) < 4.78 is 22.9. The number of nitrogens with one attached hydrogen (secondary N) is 1. The normalized spacial score (nSPS) is 23.5. The van der Waals surface area contributed by atoms with Crippen molar-refractivity contribution in [1.82, 2.24) is 0 Å². The second-order valence-electron chi connectivity index (χ2n) is 5.63. The van der Waals surface area contributed by atoms with Crippen LogP contribution in [0.15, 0.2) is 18.2 Å². The quantitative estimate of drug-likeness (QED) is 0.926. The summed E-state index contributed by atoms with van der Waals surface area (Å²) in [5, 5.41) is 4.08. The average Bonchev–Trinajstić information content (AvgIpc) is 2.66. The number of sulfone groups is 1. The zero-order valence-electron chi connectivity index (χ0n) is 11.3. The Bertz CT molecular complexity index is 557. The van der Waals surface area contributed by atoms with E-state index in [-0.39, 0.29) is 5.75 Å². The van der Waals surface area contributed by atoms with Gasteiger partial charge in [-0.05, 0) is 42.9 Å². The molecule has 106 valence electrons. The highest BCUT2D eigenvalue weighted by molar-refractivity contribution is 7.89. The molecule has 1 aromatic carbocycles. The summed E-state index contributed by atoms with van der Waals surface area (Å²) in [6.07, 6.45) is 4.74. The summed E-state index contributed by atoms with van der Waals surface area (Å²) in [6, 6.07) is 5.78. The SMILES string of the molecule is C[C@H]1CC[C@H](Nc2cc(Cl)ccc2CS(C)(=O)=O)C1. The number of rotatable bonds is 4. The van der Waals surface area contributed by atoms with E-state index in [4.69, 9.17) is 11.6 Å². The van der Waals surface area contributed by atoms with Crippen LogP contribution in [-0.2, 0) is 15.6 Å². The lowest BCUT2D eigenvalue weighted by atomic mass is 10.1. The van der Waals surface area contributed by atoms with E-state index in [9.17, 15) is 8.42 Å². The van der Waals surface area contributed by atoms with E-state index < -0.39 is 9.84 Å². The monoisotopic (exact) mass is 301 g/mol. The minimum absolute atomic E-state index is 0.0504. The molecule has 19 heavy (non-hydrogen) atoms. The Morgan fingerprint density at radius 2 is 2.11 bits per heavy atom. The van der Waals surface area contributed by atoms with Crippen LogP contribution in [0.5, 0.6) is 0 Å². The van der Waals surface area contributed by atoms with Crippen molar-refractivity contribution < 1.29 is 8.42 Å². The van der Waals surface area contributed by atoms with Gasteiger partial charge >= 0.3 is 0 Å². The molecule has 0 spiro atoms. The van der Waals surface area contributed by atoms with Gasteiger partial charge in [-0.3, -0.25) is 0 Å². The summed E-state index contributed by atoms with van der Waals surface area (Å²) in [6.45, 7) is 2.25. The van der Waals surface area contributed by atoms with Crippen molar-refractivity contribution in [2.45, 2.75) is 38.0 Å². The van der Waals surface area contributed by atoms with Crippen LogP contribution >= 0.6 is 11.6 Å². The third-order valence-corrected chi connectivity index (χ3v) is 4.61. The molecule has 1 aromatic rings. The van der Waals surface area contributed by atoms with E-state index in [2.05, 4.69) is 12.2 Å². The molecule has 1 N–H and O–H groups in total. The summed E-state index contributed by atoms with van der Waals surface area (Å²) in [4.78, 5) is 0. The summed E-state index contributed by atoms with van der Waals surface area (Å²) in [7, 11) is -3.04. The zero-order chi connectivity index (χ0) is 14.0. The maximum atomic E-state index is 11.5. The minimum Gasteiger partial charge on any atom is -0.382 e. The molecular formula is C14H20ClNO2S. The first-order valence-corrected chi connectivity index (χ1v) is 9.00. The Balaban J connectivity index is 2.20. The lowest BCUT2D eigenvalue weighted by Gasteiger charge is -2.17. The van der Waals surface area contributed by atoms with Crippen molar-refractivity contribution in [3.63, 3.8) is 0 Å². The van der Waals surface area contributed by atoms with Crippen LogP contribution in [0.25, 0.3) is 0 Å². The fraction of sp³-hybridized carbons (Fsp3) is 0.571. The Morgan fingerprint density at radius 1 is 1.37 bits per heavy atom. The van der Waals surface area contributed by atoms with Gasteiger partial charge < -0.3 is 5.32 Å². The number of halogens is 1. The van der Waals surface area contributed by atoms with Crippen LogP contribution in [0.1, 0.15) is 31.7 Å². The molecule has 0 aromatic heterocycles. The van der Waals surface area contributed by atoms with Crippen LogP contribution in [0.3, 0.4) is 0 Å². The molecule has 5 heteroatoms. The van der Waals surface area contributed by atoms with E-state index in [0.717, 1.165) is 30.0 Å². The van der Waals surface area contributed by atoms with E-state index in [1.165, 1.54) is 12.7 Å². The molecule has 1 saturated carbocycles. The van der Waals surface area contributed by atoms with Crippen LogP contribution in [-0.4, -0.2) is 20.7 Å². The largest absolute Gasteiger partial charge is 0.382 e. The van der Waals surface area contributed by atoms with Gasteiger partial charge in [-0.2, -0.15) is 0 Å². The van der Waals surface area contributed by atoms with Crippen molar-refractivity contribution in [3.05, 3.63) is 28.8 Å². The molecule has 2 rings (SSSR count). The van der Waals surface area contributed by atoms with Gasteiger partial charge in [0.05, 0.1) is 5.75 Å². The molecule has 0 saturated heterocycles. The molecule has 0 radical (unpaired) electrons. The van der Waals surface area contributed by atoms with Gasteiger partial charge in [0.25, 0.3) is 0 Å². The van der Waals surface area contributed by atoms with Gasteiger partial charge in [0.1, 0.15) is 0 Å². The number of benzene rings is 1. The molecule has 0 heterocycles. The first-order chi connectivity index (χ1) is 8.83. The second kappa shape index (κ2) is 5.71. The number of anilines is 1. The summed E-state index contributed by atoms with van der Waals surface area (Å²) in [5.74, 6) is 0.782. The van der Waals surface area contributed by atoms with Gasteiger partial charge in [-0.15, -0.1) is 0 Å². The van der Waals surface area contributed by atoms with E-state index >= 15 is 0 Å². The minimum atomic E-state index is -3.04. The molecule has 0 aliphatic heterocycles. The molecular weight excluding hydrogens is 282 g/mol. The molecule has 0 unspecified atom stereocenters. The third kappa shape index (κ3) is 4.39. The molecule has 0 amide bonds. The van der Waals surface area contributed by atoms with Crippen LogP contribution < -0.4 is 5.32 Å². The first kappa shape index (κ1) is 14.7. The van der Waals surface area contributed by atoms with Gasteiger partial charge in [0.15, 0.2) is 9.84 Å². The van der Waals surface area contributed by atoms with Crippen LogP contribution in [0, 0.1) is 5.92 Å². The highest BCUT2D eigenvalue weighted by Crippen LogP contribution is 2.30. The van der Waals surface area contributed by atoms with Crippen molar-refractivity contribution >= 4 is 27.1 Å². The zero-order valence-corrected chi connectivity index (χ0v) is 12.9. The lowest BCUT2D eigenvalue weighted by Crippen LogP contribution is -2.17. The van der Waals surface area contributed by atoms with Crippen LogP contribution in [0.4, 0.5) is 5.69 Å². The maximum Gasteiger partial charge on any atom is 0.151 e. The summed E-state index contributed by atoms with van der Waals surface area (Å²) >= 11 is 6.01. The topological polar surface area (TPSA) is 46.2 Å². The third-order valence-electron chi connectivity index (χ3n) is 3.54. The Morgan fingerprint density at radius 3 is 2.68 bits per heavy atom. The van der Waals surface area contributed by atoms with E-state index in [1.54, 1.807) is 12.1 Å². The Kier molecular flexibility index (Phi) is 4.41. The standard InChI is InChI=1S/C14H20ClNO2S/c1-10-3-6-13(7-10)16-14-8-12(15)5-4-11(14)9-19(2,17)18/h4-5,8,10,13,16H,3,6-7,9H2,1-2H3/t10-,13-/m0/s1. The molecule has 3 nitrogen and oxygen atoms in total. The average molecular weight is 302 g/mol. The fourth-order valence-corrected chi connectivity index (χ4v) is 3.64. The van der Waals surface area contributed by atoms with E-state index in [1.807, 2.05) is 6.07 Å². The van der Waals surface area contributed by atoms with Gasteiger partial charge in [-0.25, -0.2) is 8.42 Å². The van der Waals surface area contributed by atoms with Gasteiger partial charge in [0, 0.05) is 23.0 Å². The van der Waals surface area contributed by atoms with Gasteiger partial charge in [0.2, 0.25) is 0 Å². The van der Waals surface area contributed by atoms with Crippen LogP contribution in [0.2, 0.25) is 5.02 Å². The molecule has 1 aliphatic rings. The lowest BCUT2D eigenvalue weighted by molar-refractivity contribution is 0.600. The van der Waals surface area contributed by atoms with Crippen molar-refractivity contribution in [2.75, 3.05) is 11.6 Å². The van der Waals surface area contributed by atoms with Gasteiger partial charge in [-0.1, -0.05) is 24.6 Å². The highest BCUT2D eigenvalue weighted by Gasteiger charge is 2.22. The van der Waals surface area contributed by atoms with E-state index in [0.29, 0.717) is 11.1 Å². The fourth-order valence-electron chi connectivity index (χ4n) is 2.65. The predicted molar refractivity (Wildman–Crippen MR) is 80.4 cm³/mol. The predicted octanol–water partition coefficient (Wildman–Crippen LogP) is 3.49. The first-order valence-electron chi connectivity index (χ1n) is 6.56.